The zero-order valence-electron chi connectivity index (χ0n) is 41.9. The van der Waals surface area contributed by atoms with E-state index in [2.05, 4.69) is 310 Å². The van der Waals surface area contributed by atoms with Gasteiger partial charge in [-0.3, -0.25) is 0 Å². The van der Waals surface area contributed by atoms with Crippen LogP contribution in [-0.2, 0) is 0 Å². The van der Waals surface area contributed by atoms with Crippen molar-refractivity contribution < 1.29 is 0 Å². The molecule has 5 heteroatoms. The van der Waals surface area contributed by atoms with Crippen LogP contribution < -0.4 is 9.80 Å². The molecule has 15 aromatic rings. The summed E-state index contributed by atoms with van der Waals surface area (Å²) in [6.45, 7) is 0. The average Bonchev–Trinajstić information content (AvgIpc) is 4.17. The van der Waals surface area contributed by atoms with Crippen LogP contribution in [-0.4, -0.2) is 9.13 Å². The number of anilines is 6. The second kappa shape index (κ2) is 18.5. The second-order valence-electron chi connectivity index (χ2n) is 19.7. The number of rotatable bonds is 10. The van der Waals surface area contributed by atoms with Gasteiger partial charge >= 0.3 is 0 Å². The van der Waals surface area contributed by atoms with Crippen LogP contribution in [0.15, 0.2) is 291 Å². The van der Waals surface area contributed by atoms with Gasteiger partial charge in [-0.2, -0.15) is 0 Å². The van der Waals surface area contributed by atoms with Gasteiger partial charge < -0.3 is 18.9 Å². The Bertz CT molecular complexity index is 4250. The van der Waals surface area contributed by atoms with Gasteiger partial charge in [0, 0.05) is 87.2 Å². The van der Waals surface area contributed by atoms with Crippen LogP contribution in [0.25, 0.3) is 97.4 Å². The fourth-order valence-electron chi connectivity index (χ4n) is 11.8. The van der Waals surface area contributed by atoms with E-state index in [1.54, 1.807) is 0 Å². The first-order chi connectivity index (χ1) is 38.2. The molecule has 3 heterocycles. The van der Waals surface area contributed by atoms with Crippen LogP contribution in [0.2, 0.25) is 0 Å². The number of thiophene rings is 1. The van der Waals surface area contributed by atoms with Gasteiger partial charge in [-0.1, -0.05) is 170 Å². The van der Waals surface area contributed by atoms with Crippen LogP contribution in [0.4, 0.5) is 34.1 Å². The highest BCUT2D eigenvalue weighted by Crippen LogP contribution is 2.50. The summed E-state index contributed by atoms with van der Waals surface area (Å²) in [6, 6.07) is 106. The van der Waals surface area contributed by atoms with Crippen molar-refractivity contribution in [1.29, 1.82) is 0 Å². The van der Waals surface area contributed by atoms with Gasteiger partial charge in [-0.25, -0.2) is 0 Å². The van der Waals surface area contributed by atoms with E-state index in [0.717, 1.165) is 56.5 Å². The minimum absolute atomic E-state index is 1.10. The minimum Gasteiger partial charge on any atom is -0.310 e. The third-order valence-corrected chi connectivity index (χ3v) is 16.5. The molecule has 0 saturated carbocycles. The molecule has 77 heavy (non-hydrogen) atoms. The molecule has 0 N–H and O–H groups in total. The number of hydrogen-bond acceptors (Lipinski definition) is 3. The van der Waals surface area contributed by atoms with Gasteiger partial charge in [0.1, 0.15) is 0 Å². The number of nitrogens with zero attached hydrogens (tertiary/aromatic N) is 4. The number of benzene rings is 12. The van der Waals surface area contributed by atoms with Crippen molar-refractivity contribution in [1.82, 2.24) is 9.13 Å². The molecule has 0 spiro atoms. The van der Waals surface area contributed by atoms with Crippen molar-refractivity contribution in [2.45, 2.75) is 0 Å². The minimum atomic E-state index is 1.10. The maximum absolute atomic E-state index is 2.47. The lowest BCUT2D eigenvalue weighted by Gasteiger charge is -2.25. The zero-order chi connectivity index (χ0) is 50.8. The molecule has 4 nitrogen and oxygen atoms in total. The predicted molar refractivity (Wildman–Crippen MR) is 328 cm³/mol. The Labute approximate surface area is 450 Å². The Morgan fingerprint density at radius 1 is 0.234 bits per heavy atom. The van der Waals surface area contributed by atoms with Gasteiger partial charge in [0.05, 0.1) is 22.1 Å². The molecule has 0 fully saturated rings. The van der Waals surface area contributed by atoms with E-state index in [1.165, 1.54) is 75.0 Å². The van der Waals surface area contributed by atoms with Crippen molar-refractivity contribution in [3.05, 3.63) is 291 Å². The highest BCUT2D eigenvalue weighted by atomic mass is 32.1. The third-order valence-electron chi connectivity index (χ3n) is 15.3. The van der Waals surface area contributed by atoms with Crippen molar-refractivity contribution in [2.24, 2.45) is 0 Å². The van der Waals surface area contributed by atoms with E-state index < -0.39 is 0 Å². The molecule has 0 atom stereocenters. The van der Waals surface area contributed by atoms with Gasteiger partial charge in [0.25, 0.3) is 0 Å². The summed E-state index contributed by atoms with van der Waals surface area (Å²) in [4.78, 5) is 4.75. The van der Waals surface area contributed by atoms with Gasteiger partial charge in [0.15, 0.2) is 0 Å². The van der Waals surface area contributed by atoms with Gasteiger partial charge in [0.2, 0.25) is 0 Å². The molecule has 12 aromatic carbocycles. The van der Waals surface area contributed by atoms with E-state index in [0.29, 0.717) is 0 Å². The highest BCUT2D eigenvalue weighted by Gasteiger charge is 2.24. The van der Waals surface area contributed by atoms with E-state index >= 15 is 0 Å². The van der Waals surface area contributed by atoms with Crippen LogP contribution in [0.5, 0.6) is 0 Å². The summed E-state index contributed by atoms with van der Waals surface area (Å²) in [7, 11) is 0. The molecule has 0 aliphatic heterocycles. The Hall–Kier alpha value is -9.94. The Balaban J connectivity index is 1.01. The maximum atomic E-state index is 2.47. The third kappa shape index (κ3) is 7.50. The molecule has 15 rings (SSSR count). The lowest BCUT2D eigenvalue weighted by molar-refractivity contribution is 1.18. The lowest BCUT2D eigenvalue weighted by atomic mass is 10.0. The van der Waals surface area contributed by atoms with Crippen LogP contribution in [0.3, 0.4) is 0 Å². The van der Waals surface area contributed by atoms with Crippen LogP contribution >= 0.6 is 11.3 Å². The number of fused-ring (bicyclic) bond motifs is 11. The number of para-hydroxylation sites is 4. The molecule has 0 aliphatic rings. The standard InChI is InChI=1S/C72H48N4S/c1-7-19-49(20-8-1)51-31-35-57(36-32-51)75-65-43-39-59(73(53-23-11-3-12-24-53)54-25-13-4-14-26-54)47-63(65)69-67(75)45-41-61-62-42-46-68-70(72(62)77-71(61)69)64-48-60(74(55-27-15-5-16-28-55)56-29-17-6-18-30-56)40-44-66(64)76(68)58-37-33-52(34-38-58)50-21-9-2-10-22-50/h1-48H. The first kappa shape index (κ1) is 44.5. The molecule has 0 unspecified atom stereocenters. The quantitative estimate of drug-likeness (QED) is 0.136. The summed E-state index contributed by atoms with van der Waals surface area (Å²) in [5.41, 5.74) is 18.4. The Morgan fingerprint density at radius 3 is 0.870 bits per heavy atom. The molecular formula is C72H48N4S. The predicted octanol–water partition coefficient (Wildman–Crippen LogP) is 20.5. The Kier molecular flexibility index (Phi) is 10.7. The van der Waals surface area contributed by atoms with Gasteiger partial charge in [-0.15, -0.1) is 11.3 Å². The molecule has 0 aliphatic carbocycles. The largest absolute Gasteiger partial charge is 0.310 e. The molecular weight excluding hydrogens is 953 g/mol. The normalized spacial score (nSPS) is 11.6. The number of aromatic nitrogens is 2. The first-order valence-corrected chi connectivity index (χ1v) is 27.1. The molecule has 0 bridgehead atoms. The van der Waals surface area contributed by atoms with Gasteiger partial charge in [-0.05, 0) is 144 Å². The summed E-state index contributed by atoms with van der Waals surface area (Å²) in [5, 5.41) is 7.43. The van der Waals surface area contributed by atoms with Crippen molar-refractivity contribution in [3.8, 4) is 33.6 Å². The smallest absolute Gasteiger partial charge is 0.0555 e. The fraction of sp³-hybridized carbons (Fsp3) is 0. The molecule has 0 radical (unpaired) electrons. The fourth-order valence-corrected chi connectivity index (χ4v) is 13.2. The first-order valence-electron chi connectivity index (χ1n) is 26.2. The van der Waals surface area contributed by atoms with Crippen molar-refractivity contribution in [3.63, 3.8) is 0 Å². The maximum Gasteiger partial charge on any atom is 0.0555 e. The van der Waals surface area contributed by atoms with E-state index in [1.807, 2.05) is 11.3 Å². The summed E-state index contributed by atoms with van der Waals surface area (Å²) in [5.74, 6) is 0. The monoisotopic (exact) mass is 1000 g/mol. The molecule has 362 valence electrons. The Morgan fingerprint density at radius 2 is 0.532 bits per heavy atom. The van der Waals surface area contributed by atoms with Crippen molar-refractivity contribution in [2.75, 3.05) is 9.80 Å². The van der Waals surface area contributed by atoms with E-state index in [4.69, 9.17) is 0 Å². The molecule has 0 amide bonds. The summed E-state index contributed by atoms with van der Waals surface area (Å²) < 4.78 is 7.49. The van der Waals surface area contributed by atoms with E-state index in [9.17, 15) is 0 Å². The topological polar surface area (TPSA) is 16.3 Å². The summed E-state index contributed by atoms with van der Waals surface area (Å²) >= 11 is 1.93. The second-order valence-corrected chi connectivity index (χ2v) is 20.7. The molecule has 0 saturated heterocycles. The summed E-state index contributed by atoms with van der Waals surface area (Å²) in [6.07, 6.45) is 0. The SMILES string of the molecule is c1ccc(-c2ccc(-n3c4ccc(N(c5ccccc5)c5ccccc5)cc4c4c5sc6c(ccc7c6c6cc(N(c8ccccc8)c8ccccc8)ccc6n7-c6ccc(-c7ccccc7)cc6)c5ccc43)cc2)cc1. The molecule has 3 aromatic heterocycles. The number of hydrogen-bond donors (Lipinski definition) is 0. The van der Waals surface area contributed by atoms with Crippen LogP contribution in [0, 0.1) is 0 Å². The lowest BCUT2D eigenvalue weighted by Crippen LogP contribution is -2.09. The average molecular weight is 1000 g/mol. The van der Waals surface area contributed by atoms with E-state index in [-0.39, 0.29) is 0 Å². The van der Waals surface area contributed by atoms with Crippen LogP contribution in [0.1, 0.15) is 0 Å². The van der Waals surface area contributed by atoms with Crippen molar-refractivity contribution >= 4 is 109 Å². The highest BCUT2D eigenvalue weighted by molar-refractivity contribution is 7.27. The zero-order valence-corrected chi connectivity index (χ0v) is 42.7.